The van der Waals surface area contributed by atoms with E-state index in [4.69, 9.17) is 9.47 Å². The Bertz CT molecular complexity index is 1470. The lowest BCUT2D eigenvalue weighted by Gasteiger charge is -2.24. The Hall–Kier alpha value is -3.77. The van der Waals surface area contributed by atoms with Crippen LogP contribution in [-0.2, 0) is 12.6 Å². The van der Waals surface area contributed by atoms with Crippen LogP contribution in [0.1, 0.15) is 30.9 Å². The van der Waals surface area contributed by atoms with E-state index in [9.17, 15) is 28.2 Å². The highest BCUT2D eigenvalue weighted by molar-refractivity contribution is 5.75. The van der Waals surface area contributed by atoms with E-state index in [1.807, 2.05) is 6.92 Å². The number of fused-ring (bicyclic) bond motifs is 1. The zero-order chi connectivity index (χ0) is 29.5. The Morgan fingerprint density at radius 3 is 2.39 bits per heavy atom. The molecule has 0 saturated carbocycles. The number of hydrogen-bond acceptors (Lipinski definition) is 8. The van der Waals surface area contributed by atoms with Crippen molar-refractivity contribution in [3.05, 3.63) is 57.9 Å². The summed E-state index contributed by atoms with van der Waals surface area (Å²) < 4.78 is 54.7. The molecule has 1 saturated heterocycles. The first kappa shape index (κ1) is 28.7. The monoisotopic (exact) mass is 574 g/mol. The van der Waals surface area contributed by atoms with Crippen LogP contribution < -0.4 is 24.8 Å². The number of benzene rings is 2. The van der Waals surface area contributed by atoms with Gasteiger partial charge in [0.2, 0.25) is 0 Å². The van der Waals surface area contributed by atoms with E-state index >= 15 is 0 Å². The van der Waals surface area contributed by atoms with E-state index in [0.717, 1.165) is 10.7 Å². The summed E-state index contributed by atoms with van der Waals surface area (Å²) in [6, 6.07) is 8.65. The molecule has 0 spiro atoms. The molecule has 2 aromatic carbocycles. The molecule has 220 valence electrons. The van der Waals surface area contributed by atoms with Crippen LogP contribution in [-0.4, -0.2) is 72.6 Å². The van der Waals surface area contributed by atoms with Crippen molar-refractivity contribution >= 4 is 11.4 Å². The first-order valence-electron chi connectivity index (χ1n) is 13.5. The van der Waals surface area contributed by atoms with E-state index in [2.05, 4.69) is 5.10 Å². The number of aromatic nitrogens is 2. The van der Waals surface area contributed by atoms with Gasteiger partial charge >= 0.3 is 6.18 Å². The highest BCUT2D eigenvalue weighted by atomic mass is 19.4. The molecule has 0 bridgehead atoms. The third-order valence-corrected chi connectivity index (χ3v) is 7.69. The van der Waals surface area contributed by atoms with Gasteiger partial charge in [-0.2, -0.15) is 23.0 Å². The van der Waals surface area contributed by atoms with E-state index in [0.29, 0.717) is 66.4 Å². The van der Waals surface area contributed by atoms with Gasteiger partial charge in [0.15, 0.2) is 0 Å². The van der Waals surface area contributed by atoms with Gasteiger partial charge in [-0.3, -0.25) is 4.79 Å². The summed E-state index contributed by atoms with van der Waals surface area (Å²) in [5.41, 5.74) is -0.0651. The summed E-state index contributed by atoms with van der Waals surface area (Å²) in [5.74, 6) is 0.906. The molecule has 1 unspecified atom stereocenters. The van der Waals surface area contributed by atoms with Crippen LogP contribution in [0.15, 0.2) is 41.2 Å². The number of hydrogen-bond donors (Lipinski definition) is 2. The first-order valence-corrected chi connectivity index (χ1v) is 13.5. The number of methoxy groups -OCH3 is 2. The highest BCUT2D eigenvalue weighted by Gasteiger charge is 2.37. The molecular weight excluding hydrogens is 541 g/mol. The van der Waals surface area contributed by atoms with E-state index < -0.39 is 35.2 Å². The van der Waals surface area contributed by atoms with Crippen LogP contribution in [0.2, 0.25) is 0 Å². The maximum atomic E-state index is 14.4. The van der Waals surface area contributed by atoms with Crippen LogP contribution in [0.5, 0.6) is 11.5 Å². The van der Waals surface area contributed by atoms with E-state index in [1.54, 1.807) is 28.0 Å². The minimum absolute atomic E-state index is 0.154. The lowest BCUT2D eigenvalue weighted by Crippen LogP contribution is -2.36. The average molecular weight is 575 g/mol. The first-order chi connectivity index (χ1) is 19.5. The number of alkyl halides is 3. The number of rotatable bonds is 8. The minimum atomic E-state index is -4.77. The smallest absolute Gasteiger partial charge is 0.418 e. The van der Waals surface area contributed by atoms with Crippen molar-refractivity contribution in [1.29, 1.82) is 0 Å². The molecule has 0 radical (unpaired) electrons. The normalized spacial score (nSPS) is 17.6. The Morgan fingerprint density at radius 1 is 1.10 bits per heavy atom. The van der Waals surface area contributed by atoms with Gasteiger partial charge < -0.3 is 29.5 Å². The van der Waals surface area contributed by atoms with Gasteiger partial charge in [-0.25, -0.2) is 0 Å². The summed E-state index contributed by atoms with van der Waals surface area (Å²) >= 11 is 0. The minimum Gasteiger partial charge on any atom is -0.497 e. The SMILES string of the molecule is CCC(O)CN1CCc2c(-c3cc(OC)cc(OC)c3)nn(-c3cc(N4CC[C@H](O)C4)ccc3C(F)(F)F)c(=O)c21. The zero-order valence-corrected chi connectivity index (χ0v) is 23.1. The number of nitrogens with zero attached hydrogens (tertiary/aromatic N) is 4. The highest BCUT2D eigenvalue weighted by Crippen LogP contribution is 2.39. The lowest BCUT2D eigenvalue weighted by molar-refractivity contribution is -0.137. The Morgan fingerprint density at radius 2 is 1.80 bits per heavy atom. The van der Waals surface area contributed by atoms with Gasteiger partial charge in [0, 0.05) is 49.1 Å². The number of halogens is 3. The van der Waals surface area contributed by atoms with Crippen molar-refractivity contribution in [2.24, 2.45) is 0 Å². The maximum absolute atomic E-state index is 14.4. The number of anilines is 2. The fourth-order valence-corrected chi connectivity index (χ4v) is 5.48. The molecule has 2 atom stereocenters. The molecule has 2 aliphatic rings. The van der Waals surface area contributed by atoms with Gasteiger partial charge in [0.25, 0.3) is 5.56 Å². The molecule has 1 aromatic heterocycles. The van der Waals surface area contributed by atoms with Gasteiger partial charge in [-0.1, -0.05) is 6.92 Å². The summed E-state index contributed by atoms with van der Waals surface area (Å²) in [7, 11) is 2.98. The van der Waals surface area contributed by atoms with Gasteiger partial charge in [-0.15, -0.1) is 0 Å². The third kappa shape index (κ3) is 5.58. The van der Waals surface area contributed by atoms with Gasteiger partial charge in [0.05, 0.1) is 43.4 Å². The summed E-state index contributed by atoms with van der Waals surface area (Å²) in [4.78, 5) is 17.5. The topological polar surface area (TPSA) is 100 Å². The summed E-state index contributed by atoms with van der Waals surface area (Å²) in [5, 5.41) is 25.0. The number of aliphatic hydroxyl groups excluding tert-OH is 2. The van der Waals surface area contributed by atoms with Crippen LogP contribution >= 0.6 is 0 Å². The molecular formula is C29H33F3N4O5. The van der Waals surface area contributed by atoms with Crippen molar-refractivity contribution in [1.82, 2.24) is 9.78 Å². The van der Waals surface area contributed by atoms with Crippen LogP contribution in [0.25, 0.3) is 16.9 Å². The second-order valence-corrected chi connectivity index (χ2v) is 10.3. The molecule has 0 amide bonds. The molecule has 3 aromatic rings. The van der Waals surface area contributed by atoms with E-state index in [-0.39, 0.29) is 18.8 Å². The quantitative estimate of drug-likeness (QED) is 0.421. The second-order valence-electron chi connectivity index (χ2n) is 10.3. The average Bonchev–Trinajstić information content (AvgIpc) is 3.58. The summed E-state index contributed by atoms with van der Waals surface area (Å²) in [6.07, 6.45) is -4.72. The van der Waals surface area contributed by atoms with Crippen molar-refractivity contribution in [3.63, 3.8) is 0 Å². The maximum Gasteiger partial charge on any atom is 0.418 e. The molecule has 2 aliphatic heterocycles. The predicted molar refractivity (Wildman–Crippen MR) is 148 cm³/mol. The van der Waals surface area contributed by atoms with Crippen LogP contribution in [0.3, 0.4) is 0 Å². The summed E-state index contributed by atoms with van der Waals surface area (Å²) in [6.45, 7) is 3.11. The van der Waals surface area contributed by atoms with Gasteiger partial charge in [0.1, 0.15) is 17.2 Å². The Kier molecular flexibility index (Phi) is 7.89. The standard InChI is InChI=1S/C29H33F3N4O5/c1-4-19(37)15-35-10-8-23-26(17-11-21(40-2)14-22(12-17)41-3)33-36(28(39)27(23)35)25-13-18(34-9-7-20(38)16-34)5-6-24(25)29(30,31)32/h5-6,11-14,19-20,37-38H,4,7-10,15-16H2,1-3H3/t19?,20-/m0/s1. The molecule has 3 heterocycles. The number of aliphatic hydroxyl groups is 2. The molecule has 12 heteroatoms. The number of ether oxygens (including phenoxy) is 2. The number of β-amino-alcohol motifs (C(OH)–C–C–N with tert-alkyl or cyclic N) is 2. The van der Waals surface area contributed by atoms with Crippen LogP contribution in [0.4, 0.5) is 24.5 Å². The zero-order valence-electron chi connectivity index (χ0n) is 23.1. The second kappa shape index (κ2) is 11.2. The van der Waals surface area contributed by atoms with Crippen molar-refractivity contribution < 1.29 is 32.9 Å². The van der Waals surface area contributed by atoms with Crippen LogP contribution in [0, 0.1) is 0 Å². The predicted octanol–water partition coefficient (Wildman–Crippen LogP) is 3.64. The van der Waals surface area contributed by atoms with Crippen molar-refractivity contribution in [2.75, 3.05) is 50.2 Å². The third-order valence-electron chi connectivity index (χ3n) is 7.69. The molecule has 41 heavy (non-hydrogen) atoms. The van der Waals surface area contributed by atoms with Crippen molar-refractivity contribution in [3.8, 4) is 28.4 Å². The van der Waals surface area contributed by atoms with Gasteiger partial charge in [-0.05, 0) is 49.6 Å². The van der Waals surface area contributed by atoms with Crippen molar-refractivity contribution in [2.45, 2.75) is 44.6 Å². The fraction of sp³-hybridized carbons (Fsp3) is 0.448. The Labute approximate surface area is 235 Å². The lowest BCUT2D eigenvalue weighted by atomic mass is 10.0. The fourth-order valence-electron chi connectivity index (χ4n) is 5.48. The molecule has 0 aliphatic carbocycles. The molecule has 1 fully saturated rings. The Balaban J connectivity index is 1.78. The van der Waals surface area contributed by atoms with E-state index in [1.165, 1.54) is 26.4 Å². The largest absolute Gasteiger partial charge is 0.497 e. The molecule has 2 N–H and O–H groups in total. The molecule has 5 rings (SSSR count). The molecule has 9 nitrogen and oxygen atoms in total.